The van der Waals surface area contributed by atoms with Crippen molar-refractivity contribution in [2.75, 3.05) is 19.8 Å². The van der Waals surface area contributed by atoms with Gasteiger partial charge in [0, 0.05) is 19.0 Å². The van der Waals surface area contributed by atoms with E-state index in [0.29, 0.717) is 25.8 Å². The summed E-state index contributed by atoms with van der Waals surface area (Å²) in [7, 11) is 0. The van der Waals surface area contributed by atoms with Gasteiger partial charge in [-0.05, 0) is 19.3 Å². The van der Waals surface area contributed by atoms with Crippen LogP contribution in [0.2, 0.25) is 0 Å². The molecule has 0 aromatic carbocycles. The van der Waals surface area contributed by atoms with Gasteiger partial charge in [0.15, 0.2) is 0 Å². The Morgan fingerprint density at radius 3 is 2.50 bits per heavy atom. The van der Waals surface area contributed by atoms with E-state index in [1.165, 1.54) is 0 Å². The molecule has 0 aliphatic rings. The Balaban J connectivity index is 3.78. The zero-order chi connectivity index (χ0) is 12.4. The SMILES string of the molecule is CCC(CCNC(=O)O)C(=O)NCCCF. The fourth-order valence-electron chi connectivity index (χ4n) is 1.30. The number of halogens is 1. The summed E-state index contributed by atoms with van der Waals surface area (Å²) in [5.74, 6) is -0.352. The van der Waals surface area contributed by atoms with Crippen molar-refractivity contribution in [3.8, 4) is 0 Å². The Labute approximate surface area is 94.4 Å². The molecule has 6 heteroatoms. The topological polar surface area (TPSA) is 78.4 Å². The molecule has 1 atom stereocenters. The molecule has 0 rings (SSSR count). The minimum absolute atomic E-state index is 0.136. The molecule has 3 N–H and O–H groups in total. The molecule has 0 saturated heterocycles. The molecule has 0 aromatic rings. The highest BCUT2D eigenvalue weighted by molar-refractivity contribution is 5.78. The summed E-state index contributed by atoms with van der Waals surface area (Å²) in [6.07, 6.45) is 0.329. The first-order valence-electron chi connectivity index (χ1n) is 5.42. The molecular formula is C10H19FN2O3. The maximum Gasteiger partial charge on any atom is 0.404 e. The van der Waals surface area contributed by atoms with Crippen molar-refractivity contribution in [1.82, 2.24) is 10.6 Å². The van der Waals surface area contributed by atoms with Crippen molar-refractivity contribution in [2.45, 2.75) is 26.2 Å². The lowest BCUT2D eigenvalue weighted by atomic mass is 10.0. The molecule has 0 aromatic heterocycles. The van der Waals surface area contributed by atoms with Crippen LogP contribution in [0.5, 0.6) is 0 Å². The number of hydrogen-bond acceptors (Lipinski definition) is 2. The molecule has 0 fully saturated rings. The van der Waals surface area contributed by atoms with Crippen molar-refractivity contribution in [2.24, 2.45) is 5.92 Å². The molecule has 0 bridgehead atoms. The molecule has 94 valence electrons. The molecule has 0 aliphatic carbocycles. The van der Waals surface area contributed by atoms with E-state index < -0.39 is 12.8 Å². The highest BCUT2D eigenvalue weighted by atomic mass is 19.1. The van der Waals surface area contributed by atoms with Crippen LogP contribution in [0.15, 0.2) is 0 Å². The molecule has 0 saturated carbocycles. The smallest absolute Gasteiger partial charge is 0.404 e. The molecular weight excluding hydrogens is 215 g/mol. The third-order valence-electron chi connectivity index (χ3n) is 2.24. The lowest BCUT2D eigenvalue weighted by Crippen LogP contribution is -2.34. The number of rotatable bonds is 8. The Bertz CT molecular complexity index is 224. The van der Waals surface area contributed by atoms with E-state index in [2.05, 4.69) is 10.6 Å². The first-order chi connectivity index (χ1) is 7.61. The van der Waals surface area contributed by atoms with Gasteiger partial charge in [-0.2, -0.15) is 0 Å². The van der Waals surface area contributed by atoms with E-state index in [1.807, 2.05) is 6.92 Å². The fraction of sp³-hybridized carbons (Fsp3) is 0.800. The minimum Gasteiger partial charge on any atom is -0.465 e. The number of carbonyl (C=O) groups excluding carboxylic acids is 1. The average molecular weight is 234 g/mol. The number of carbonyl (C=O) groups is 2. The van der Waals surface area contributed by atoms with Crippen molar-refractivity contribution in [3.63, 3.8) is 0 Å². The van der Waals surface area contributed by atoms with Gasteiger partial charge >= 0.3 is 6.09 Å². The van der Waals surface area contributed by atoms with Gasteiger partial charge in [0.1, 0.15) is 0 Å². The van der Waals surface area contributed by atoms with Gasteiger partial charge in [-0.15, -0.1) is 0 Å². The lowest BCUT2D eigenvalue weighted by molar-refractivity contribution is -0.125. The number of hydrogen-bond donors (Lipinski definition) is 3. The first kappa shape index (κ1) is 14.7. The largest absolute Gasteiger partial charge is 0.465 e. The first-order valence-corrected chi connectivity index (χ1v) is 5.42. The molecule has 0 heterocycles. The highest BCUT2D eigenvalue weighted by Gasteiger charge is 2.15. The van der Waals surface area contributed by atoms with E-state index in [0.717, 1.165) is 0 Å². The van der Waals surface area contributed by atoms with Gasteiger partial charge < -0.3 is 15.7 Å². The maximum absolute atomic E-state index is 11.8. The molecule has 16 heavy (non-hydrogen) atoms. The molecule has 1 unspecified atom stereocenters. The third kappa shape index (κ3) is 7.03. The fourth-order valence-corrected chi connectivity index (χ4v) is 1.30. The van der Waals surface area contributed by atoms with Crippen LogP contribution in [0.4, 0.5) is 9.18 Å². The van der Waals surface area contributed by atoms with Crippen LogP contribution in [0.25, 0.3) is 0 Å². The molecule has 2 amide bonds. The van der Waals surface area contributed by atoms with Crippen molar-refractivity contribution in [3.05, 3.63) is 0 Å². The summed E-state index contributed by atoms with van der Waals surface area (Å²) in [5, 5.41) is 13.2. The predicted molar refractivity (Wildman–Crippen MR) is 58.0 cm³/mol. The summed E-state index contributed by atoms with van der Waals surface area (Å²) >= 11 is 0. The summed E-state index contributed by atoms with van der Waals surface area (Å²) in [4.78, 5) is 21.7. The van der Waals surface area contributed by atoms with E-state index in [1.54, 1.807) is 0 Å². The summed E-state index contributed by atoms with van der Waals surface area (Å²) in [6.45, 7) is 2.00. The predicted octanol–water partition coefficient (Wildman–Crippen LogP) is 1.15. The molecule has 0 spiro atoms. The van der Waals surface area contributed by atoms with Gasteiger partial charge in [-0.1, -0.05) is 6.92 Å². The van der Waals surface area contributed by atoms with Crippen molar-refractivity contribution in [1.29, 1.82) is 0 Å². The molecule has 0 radical (unpaired) electrons. The van der Waals surface area contributed by atoms with Crippen LogP contribution < -0.4 is 10.6 Å². The molecule has 0 aliphatic heterocycles. The van der Waals surface area contributed by atoms with Crippen LogP contribution in [0.3, 0.4) is 0 Å². The number of nitrogens with one attached hydrogen (secondary N) is 2. The van der Waals surface area contributed by atoms with Gasteiger partial charge in [0.2, 0.25) is 5.91 Å². The van der Waals surface area contributed by atoms with Crippen LogP contribution in [0, 0.1) is 5.92 Å². The normalized spacial score (nSPS) is 11.9. The zero-order valence-corrected chi connectivity index (χ0v) is 9.46. The number of amides is 2. The number of carboxylic acid groups (broad SMARTS) is 1. The second kappa shape index (κ2) is 8.94. The Morgan fingerprint density at radius 1 is 1.31 bits per heavy atom. The number of alkyl halides is 1. The van der Waals surface area contributed by atoms with E-state index in [4.69, 9.17) is 5.11 Å². The zero-order valence-electron chi connectivity index (χ0n) is 9.46. The van der Waals surface area contributed by atoms with Crippen molar-refractivity contribution >= 4 is 12.0 Å². The highest BCUT2D eigenvalue weighted by Crippen LogP contribution is 2.07. The third-order valence-corrected chi connectivity index (χ3v) is 2.24. The summed E-state index contributed by atoms with van der Waals surface area (Å²) < 4.78 is 11.8. The van der Waals surface area contributed by atoms with E-state index in [-0.39, 0.29) is 18.4 Å². The quantitative estimate of drug-likeness (QED) is 0.551. The Morgan fingerprint density at radius 2 is 2.00 bits per heavy atom. The second-order valence-corrected chi connectivity index (χ2v) is 3.46. The summed E-state index contributed by atoms with van der Waals surface area (Å²) in [5.41, 5.74) is 0. The van der Waals surface area contributed by atoms with Crippen molar-refractivity contribution < 1.29 is 19.1 Å². The Kier molecular flexibility index (Phi) is 8.19. The van der Waals surface area contributed by atoms with Gasteiger partial charge in [0.05, 0.1) is 6.67 Å². The summed E-state index contributed by atoms with van der Waals surface area (Å²) in [6, 6.07) is 0. The molecule has 5 nitrogen and oxygen atoms in total. The van der Waals surface area contributed by atoms with Gasteiger partial charge in [-0.25, -0.2) is 4.79 Å². The van der Waals surface area contributed by atoms with Gasteiger partial charge in [-0.3, -0.25) is 9.18 Å². The van der Waals surface area contributed by atoms with Crippen LogP contribution >= 0.6 is 0 Å². The maximum atomic E-state index is 11.8. The van der Waals surface area contributed by atoms with Gasteiger partial charge in [0.25, 0.3) is 0 Å². The Hall–Kier alpha value is -1.33. The standard InChI is InChI=1S/C10H19FN2O3/c1-2-8(4-7-13-10(15)16)9(14)12-6-3-5-11/h8,13H,2-7H2,1H3,(H,12,14)(H,15,16). The van der Waals surface area contributed by atoms with Crippen LogP contribution in [0.1, 0.15) is 26.2 Å². The minimum atomic E-state index is -1.09. The second-order valence-electron chi connectivity index (χ2n) is 3.46. The van der Waals surface area contributed by atoms with E-state index >= 15 is 0 Å². The lowest BCUT2D eigenvalue weighted by Gasteiger charge is -2.14. The van der Waals surface area contributed by atoms with E-state index in [9.17, 15) is 14.0 Å². The monoisotopic (exact) mass is 234 g/mol. The van der Waals surface area contributed by atoms with Crippen LogP contribution in [-0.4, -0.2) is 36.9 Å². The van der Waals surface area contributed by atoms with Crippen LogP contribution in [-0.2, 0) is 4.79 Å². The average Bonchev–Trinajstić information content (AvgIpc) is 2.24.